The van der Waals surface area contributed by atoms with Crippen molar-refractivity contribution in [1.82, 2.24) is 0 Å². The average molecular weight is 338 g/mol. The largest absolute Gasteiger partial charge is 0.127 e. The molecular formula is C14H10Br2. The molecule has 3 rings (SSSR count). The van der Waals surface area contributed by atoms with Crippen LogP contribution in [-0.2, 0) is 3.23 Å². The molecule has 1 aliphatic carbocycles. The van der Waals surface area contributed by atoms with Gasteiger partial charge in [-0.2, -0.15) is 0 Å². The Bertz CT molecular complexity index is 609. The molecule has 0 N–H and O–H groups in total. The van der Waals surface area contributed by atoms with Gasteiger partial charge in [-0.25, -0.2) is 0 Å². The topological polar surface area (TPSA) is 0 Å². The van der Waals surface area contributed by atoms with Crippen molar-refractivity contribution in [2.24, 2.45) is 0 Å². The van der Waals surface area contributed by atoms with Gasteiger partial charge in [0.15, 0.2) is 0 Å². The van der Waals surface area contributed by atoms with Gasteiger partial charge in [0.25, 0.3) is 0 Å². The summed E-state index contributed by atoms with van der Waals surface area (Å²) in [6.07, 6.45) is 2.23. The second kappa shape index (κ2) is 3.44. The first-order chi connectivity index (χ1) is 7.60. The quantitative estimate of drug-likeness (QED) is 0.579. The van der Waals surface area contributed by atoms with E-state index in [2.05, 4.69) is 81.3 Å². The summed E-state index contributed by atoms with van der Waals surface area (Å²) in [6, 6.07) is 12.9. The van der Waals surface area contributed by atoms with E-state index in [1.165, 1.54) is 27.5 Å². The van der Waals surface area contributed by atoms with Crippen LogP contribution in [0.25, 0.3) is 16.8 Å². The smallest absolute Gasteiger partial charge is 0.0624 e. The SMILES string of the molecule is CC1=Cc2ccc3ccccc3c2C1(Br)Br. The normalized spacial score (nSPS) is 17.3. The molecule has 80 valence electrons. The van der Waals surface area contributed by atoms with E-state index in [4.69, 9.17) is 0 Å². The first kappa shape index (κ1) is 10.5. The van der Waals surface area contributed by atoms with E-state index in [9.17, 15) is 0 Å². The predicted molar refractivity (Wildman–Crippen MR) is 77.1 cm³/mol. The fourth-order valence-corrected chi connectivity index (χ4v) is 3.39. The molecule has 0 amide bonds. The zero-order chi connectivity index (χ0) is 11.3. The summed E-state index contributed by atoms with van der Waals surface area (Å²) >= 11 is 7.55. The van der Waals surface area contributed by atoms with Crippen LogP contribution in [0.1, 0.15) is 18.1 Å². The third kappa shape index (κ3) is 1.33. The van der Waals surface area contributed by atoms with Gasteiger partial charge in [-0.05, 0) is 34.4 Å². The molecular weight excluding hydrogens is 328 g/mol. The highest BCUT2D eigenvalue weighted by Gasteiger charge is 2.35. The minimum absolute atomic E-state index is 0.198. The first-order valence-electron chi connectivity index (χ1n) is 5.19. The molecule has 0 spiro atoms. The van der Waals surface area contributed by atoms with E-state index in [-0.39, 0.29) is 3.23 Å². The molecule has 0 radical (unpaired) electrons. The monoisotopic (exact) mass is 336 g/mol. The van der Waals surface area contributed by atoms with Gasteiger partial charge in [0, 0.05) is 0 Å². The van der Waals surface area contributed by atoms with Crippen molar-refractivity contribution in [3.63, 3.8) is 0 Å². The Labute approximate surface area is 112 Å². The maximum Gasteiger partial charge on any atom is 0.127 e. The van der Waals surface area contributed by atoms with E-state index in [0.717, 1.165) is 0 Å². The van der Waals surface area contributed by atoms with Crippen molar-refractivity contribution in [1.29, 1.82) is 0 Å². The summed E-state index contributed by atoms with van der Waals surface area (Å²) in [7, 11) is 0. The zero-order valence-electron chi connectivity index (χ0n) is 8.80. The average Bonchev–Trinajstić information content (AvgIpc) is 2.50. The van der Waals surface area contributed by atoms with Crippen LogP contribution in [-0.4, -0.2) is 0 Å². The van der Waals surface area contributed by atoms with E-state index < -0.39 is 0 Å². The van der Waals surface area contributed by atoms with E-state index in [0.29, 0.717) is 0 Å². The van der Waals surface area contributed by atoms with E-state index in [1.807, 2.05) is 0 Å². The lowest BCUT2D eigenvalue weighted by atomic mass is 10.00. The standard InChI is InChI=1S/C14H10Br2/c1-9-8-11-7-6-10-4-2-3-5-12(10)13(11)14(9,15)16/h2-8H,1H3. The van der Waals surface area contributed by atoms with Crippen LogP contribution in [0, 0.1) is 0 Å². The van der Waals surface area contributed by atoms with Crippen molar-refractivity contribution in [2.75, 3.05) is 0 Å². The molecule has 16 heavy (non-hydrogen) atoms. The van der Waals surface area contributed by atoms with Crippen molar-refractivity contribution in [2.45, 2.75) is 10.2 Å². The summed E-state index contributed by atoms with van der Waals surface area (Å²) < 4.78 is -0.198. The third-order valence-corrected chi connectivity index (χ3v) is 5.19. The van der Waals surface area contributed by atoms with Crippen LogP contribution in [0.3, 0.4) is 0 Å². The van der Waals surface area contributed by atoms with Gasteiger partial charge in [0.05, 0.1) is 0 Å². The Morgan fingerprint density at radius 3 is 2.56 bits per heavy atom. The second-order valence-corrected chi connectivity index (χ2v) is 7.60. The highest BCUT2D eigenvalue weighted by atomic mass is 79.9. The summed E-state index contributed by atoms with van der Waals surface area (Å²) in [6.45, 7) is 2.14. The van der Waals surface area contributed by atoms with Crippen LogP contribution in [0.5, 0.6) is 0 Å². The van der Waals surface area contributed by atoms with Crippen LogP contribution in [0.15, 0.2) is 42.0 Å². The molecule has 0 saturated heterocycles. The molecule has 2 heteroatoms. The molecule has 2 aromatic rings. The maximum absolute atomic E-state index is 3.78. The highest BCUT2D eigenvalue weighted by Crippen LogP contribution is 2.53. The van der Waals surface area contributed by atoms with Crippen LogP contribution in [0.2, 0.25) is 0 Å². The molecule has 0 heterocycles. The van der Waals surface area contributed by atoms with Crippen molar-refractivity contribution in [3.8, 4) is 0 Å². The summed E-state index contributed by atoms with van der Waals surface area (Å²) in [5.41, 5.74) is 3.91. The van der Waals surface area contributed by atoms with Crippen LogP contribution >= 0.6 is 31.9 Å². The molecule has 0 nitrogen and oxygen atoms in total. The molecule has 0 saturated carbocycles. The summed E-state index contributed by atoms with van der Waals surface area (Å²) in [4.78, 5) is 0. The lowest BCUT2D eigenvalue weighted by Crippen LogP contribution is -2.07. The number of halogens is 2. The van der Waals surface area contributed by atoms with E-state index >= 15 is 0 Å². The number of rotatable bonds is 0. The van der Waals surface area contributed by atoms with Gasteiger partial charge in [-0.15, -0.1) is 0 Å². The maximum atomic E-state index is 3.78. The second-order valence-electron chi connectivity index (χ2n) is 4.15. The van der Waals surface area contributed by atoms with E-state index in [1.54, 1.807) is 0 Å². The Kier molecular flexibility index (Phi) is 2.27. The van der Waals surface area contributed by atoms with Gasteiger partial charge in [-0.1, -0.05) is 74.3 Å². The molecule has 2 aromatic carbocycles. The lowest BCUT2D eigenvalue weighted by molar-refractivity contribution is 1.13. The number of hydrogen-bond donors (Lipinski definition) is 0. The Morgan fingerprint density at radius 2 is 1.75 bits per heavy atom. The van der Waals surface area contributed by atoms with Crippen molar-refractivity contribution in [3.05, 3.63) is 53.1 Å². The molecule has 0 aromatic heterocycles. The summed E-state index contributed by atoms with van der Waals surface area (Å²) in [5.74, 6) is 0. The van der Waals surface area contributed by atoms with Gasteiger partial charge >= 0.3 is 0 Å². The van der Waals surface area contributed by atoms with Crippen molar-refractivity contribution < 1.29 is 0 Å². The lowest BCUT2D eigenvalue weighted by Gasteiger charge is -2.19. The molecule has 0 unspecified atom stereocenters. The van der Waals surface area contributed by atoms with Gasteiger partial charge in [0.1, 0.15) is 3.23 Å². The predicted octanol–water partition coefficient (Wildman–Crippen LogP) is 5.20. The van der Waals surface area contributed by atoms with Crippen LogP contribution < -0.4 is 0 Å². The first-order valence-corrected chi connectivity index (χ1v) is 6.78. The molecule has 0 fully saturated rings. The Hall–Kier alpha value is -0.600. The fourth-order valence-electron chi connectivity index (χ4n) is 2.28. The van der Waals surface area contributed by atoms with Gasteiger partial charge in [-0.3, -0.25) is 0 Å². The molecule has 0 atom stereocenters. The number of benzene rings is 2. The van der Waals surface area contributed by atoms with Crippen LogP contribution in [0.4, 0.5) is 0 Å². The number of allylic oxidation sites excluding steroid dienone is 1. The van der Waals surface area contributed by atoms with Gasteiger partial charge in [0.2, 0.25) is 0 Å². The fraction of sp³-hybridized carbons (Fsp3) is 0.143. The van der Waals surface area contributed by atoms with Gasteiger partial charge < -0.3 is 0 Å². The molecule has 1 aliphatic rings. The number of hydrogen-bond acceptors (Lipinski definition) is 0. The third-order valence-electron chi connectivity index (χ3n) is 3.14. The minimum atomic E-state index is -0.198. The van der Waals surface area contributed by atoms with Crippen molar-refractivity contribution >= 4 is 48.7 Å². The minimum Gasteiger partial charge on any atom is -0.0624 e. The number of fused-ring (bicyclic) bond motifs is 3. The Balaban J connectivity index is 2.44. The Morgan fingerprint density at radius 1 is 1.00 bits per heavy atom. The summed E-state index contributed by atoms with van der Waals surface area (Å²) in [5, 5.41) is 2.59. The highest BCUT2D eigenvalue weighted by molar-refractivity contribution is 9.25. The molecule has 0 aliphatic heterocycles. The zero-order valence-corrected chi connectivity index (χ0v) is 12.0. The molecule has 0 bridgehead atoms. The number of alkyl halides is 2.